The first-order valence-electron chi connectivity index (χ1n) is 17.7. The first kappa shape index (κ1) is 38.5. The number of aromatic nitrogens is 6. The lowest BCUT2D eigenvalue weighted by molar-refractivity contribution is 0.261. The van der Waals surface area contributed by atoms with Crippen molar-refractivity contribution in [1.82, 2.24) is 38.5 Å². The van der Waals surface area contributed by atoms with Gasteiger partial charge in [-0.2, -0.15) is 18.7 Å². The molecule has 2 saturated heterocycles. The zero-order chi connectivity index (χ0) is 37.3. The molecule has 8 rings (SSSR count). The predicted molar refractivity (Wildman–Crippen MR) is 219 cm³/mol. The molecule has 16 heteroatoms. The second-order valence-electron chi connectivity index (χ2n) is 12.9. The van der Waals surface area contributed by atoms with E-state index in [1.165, 1.54) is 46.3 Å². The van der Waals surface area contributed by atoms with Crippen molar-refractivity contribution in [3.8, 4) is 23.0 Å². The van der Waals surface area contributed by atoms with Crippen LogP contribution in [0.1, 0.15) is 11.1 Å². The standard InChI is InChI=1S/C19H19Cl2N5S.C19H19ClFN5S/c20-15-3-1-14(2-4-15)6-8-25-9-11-26(12-10-25)19-23-18(24-27-19)17-13-16(21)5-7-22-17;20-15-5-7-22-17(13-15)18-23-19(27-24-18)26-11-9-25(10-12-26)8-6-14-1-3-16(21)4-2-14/h2*1-5,7,13H,6,8-12H2. The zero-order valence-corrected chi connectivity index (χ0v) is 33.3. The molecule has 0 aliphatic carbocycles. The maximum absolute atomic E-state index is 13.0. The Bertz CT molecular complexity index is 1930. The molecule has 280 valence electrons. The molecule has 54 heavy (non-hydrogen) atoms. The van der Waals surface area contributed by atoms with Gasteiger partial charge >= 0.3 is 0 Å². The molecule has 4 aromatic heterocycles. The van der Waals surface area contributed by atoms with Crippen LogP contribution in [0.3, 0.4) is 0 Å². The third kappa shape index (κ3) is 10.7. The van der Waals surface area contributed by atoms with Gasteiger partial charge in [-0.25, -0.2) is 4.39 Å². The van der Waals surface area contributed by atoms with Gasteiger partial charge in [0.05, 0.1) is 0 Å². The largest absolute Gasteiger partial charge is 0.344 e. The van der Waals surface area contributed by atoms with Crippen LogP contribution >= 0.6 is 57.9 Å². The molecule has 0 amide bonds. The Labute approximate surface area is 337 Å². The van der Waals surface area contributed by atoms with Crippen molar-refractivity contribution >= 4 is 68.1 Å². The number of piperazine rings is 2. The summed E-state index contributed by atoms with van der Waals surface area (Å²) in [6.07, 6.45) is 5.32. The number of hydrogen-bond acceptors (Lipinski definition) is 12. The molecule has 2 aliphatic heterocycles. The molecule has 2 aromatic carbocycles. The molecule has 0 saturated carbocycles. The second-order valence-corrected chi connectivity index (χ2v) is 15.7. The number of hydrogen-bond donors (Lipinski definition) is 0. The van der Waals surface area contributed by atoms with E-state index in [1.54, 1.807) is 36.7 Å². The highest BCUT2D eigenvalue weighted by molar-refractivity contribution is 7.10. The fourth-order valence-corrected chi connectivity index (χ4v) is 8.05. The normalized spacial score (nSPS) is 15.3. The quantitative estimate of drug-likeness (QED) is 0.135. The third-order valence-corrected chi connectivity index (χ3v) is 11.6. The van der Waals surface area contributed by atoms with E-state index in [4.69, 9.17) is 34.8 Å². The number of halogens is 4. The smallest absolute Gasteiger partial charge is 0.205 e. The molecule has 2 aliphatic rings. The van der Waals surface area contributed by atoms with Gasteiger partial charge in [0.15, 0.2) is 11.6 Å². The molecule has 6 aromatic rings. The van der Waals surface area contributed by atoms with Crippen molar-refractivity contribution in [3.05, 3.63) is 117 Å². The monoisotopic (exact) mass is 822 g/mol. The van der Waals surface area contributed by atoms with Gasteiger partial charge in [-0.15, -0.1) is 0 Å². The van der Waals surface area contributed by atoms with Gasteiger partial charge < -0.3 is 9.80 Å². The first-order chi connectivity index (χ1) is 26.3. The fourth-order valence-electron chi connectivity index (χ4n) is 6.15. The fraction of sp³-hybridized carbons (Fsp3) is 0.316. The Hall–Kier alpha value is -3.82. The SMILES string of the molecule is Clc1ccc(CCN2CCN(c3nc(-c4cc(Cl)ccn4)ns3)CC2)cc1.Fc1ccc(CCN2CCN(c3nc(-c4cc(Cl)ccn4)ns3)CC2)cc1. The Morgan fingerprint density at radius 2 is 0.963 bits per heavy atom. The van der Waals surface area contributed by atoms with Crippen molar-refractivity contribution < 1.29 is 4.39 Å². The van der Waals surface area contributed by atoms with Crippen LogP contribution < -0.4 is 9.80 Å². The van der Waals surface area contributed by atoms with E-state index in [-0.39, 0.29) is 5.82 Å². The highest BCUT2D eigenvalue weighted by atomic mass is 35.5. The van der Waals surface area contributed by atoms with E-state index in [1.807, 2.05) is 24.3 Å². The van der Waals surface area contributed by atoms with Crippen molar-refractivity contribution in [2.75, 3.05) is 75.2 Å². The second kappa shape index (κ2) is 18.7. The topological polar surface area (TPSA) is 90.3 Å². The van der Waals surface area contributed by atoms with E-state index in [2.05, 4.69) is 60.4 Å². The van der Waals surface area contributed by atoms with Crippen molar-refractivity contribution in [3.63, 3.8) is 0 Å². The lowest BCUT2D eigenvalue weighted by Gasteiger charge is -2.34. The molecular formula is C38H38Cl3FN10S2. The molecule has 6 heterocycles. The summed E-state index contributed by atoms with van der Waals surface area (Å²) in [5.41, 5.74) is 3.90. The summed E-state index contributed by atoms with van der Waals surface area (Å²) >= 11 is 20.8. The maximum Gasteiger partial charge on any atom is 0.205 e. The lowest BCUT2D eigenvalue weighted by Crippen LogP contribution is -2.47. The molecule has 0 radical (unpaired) electrons. The van der Waals surface area contributed by atoms with Gasteiger partial charge in [0, 0.05) is 116 Å². The summed E-state index contributed by atoms with van der Waals surface area (Å²) in [6.45, 7) is 9.79. The minimum Gasteiger partial charge on any atom is -0.344 e. The summed E-state index contributed by atoms with van der Waals surface area (Å²) in [5.74, 6) is 1.08. The van der Waals surface area contributed by atoms with Crippen LogP contribution in [0, 0.1) is 5.82 Å². The first-order valence-corrected chi connectivity index (χ1v) is 20.4. The summed E-state index contributed by atoms with van der Waals surface area (Å²) in [5, 5.41) is 3.93. The van der Waals surface area contributed by atoms with Crippen LogP contribution in [-0.2, 0) is 12.8 Å². The van der Waals surface area contributed by atoms with Gasteiger partial charge in [0.25, 0.3) is 0 Å². The molecular weight excluding hydrogens is 786 g/mol. The highest BCUT2D eigenvalue weighted by Gasteiger charge is 2.22. The molecule has 0 N–H and O–H groups in total. The number of benzene rings is 2. The molecule has 10 nitrogen and oxygen atoms in total. The van der Waals surface area contributed by atoms with E-state index >= 15 is 0 Å². The van der Waals surface area contributed by atoms with Crippen LogP contribution in [-0.4, -0.2) is 104 Å². The zero-order valence-electron chi connectivity index (χ0n) is 29.4. The maximum atomic E-state index is 13.0. The van der Waals surface area contributed by atoms with E-state index in [9.17, 15) is 4.39 Å². The summed E-state index contributed by atoms with van der Waals surface area (Å²) in [6, 6.07) is 21.9. The highest BCUT2D eigenvalue weighted by Crippen LogP contribution is 2.27. The van der Waals surface area contributed by atoms with Crippen LogP contribution in [0.15, 0.2) is 85.2 Å². The molecule has 0 unspecified atom stereocenters. The molecule has 0 spiro atoms. The van der Waals surface area contributed by atoms with Crippen LogP contribution in [0.25, 0.3) is 23.0 Å². The number of anilines is 2. The average Bonchev–Trinajstić information content (AvgIpc) is 3.90. The Morgan fingerprint density at radius 3 is 1.39 bits per heavy atom. The van der Waals surface area contributed by atoms with E-state index in [0.717, 1.165) is 93.6 Å². The molecule has 0 bridgehead atoms. The number of rotatable bonds is 10. The Kier molecular flexibility index (Phi) is 13.3. The van der Waals surface area contributed by atoms with Gasteiger partial charge in [-0.1, -0.05) is 59.1 Å². The minimum atomic E-state index is -0.184. The van der Waals surface area contributed by atoms with Gasteiger partial charge in [0.2, 0.25) is 10.3 Å². The molecule has 2 fully saturated rings. The van der Waals surface area contributed by atoms with Crippen LogP contribution in [0.4, 0.5) is 14.7 Å². The average molecular weight is 824 g/mol. The number of pyridine rings is 2. The Morgan fingerprint density at radius 1 is 0.537 bits per heavy atom. The van der Waals surface area contributed by atoms with Gasteiger partial charge in [0.1, 0.15) is 17.2 Å². The minimum absolute atomic E-state index is 0.184. The van der Waals surface area contributed by atoms with Crippen LogP contribution in [0.2, 0.25) is 15.1 Å². The lowest BCUT2D eigenvalue weighted by atomic mass is 10.1. The van der Waals surface area contributed by atoms with Crippen LogP contribution in [0.5, 0.6) is 0 Å². The number of nitrogens with zero attached hydrogens (tertiary/aromatic N) is 10. The van der Waals surface area contributed by atoms with Gasteiger partial charge in [-0.05, 0) is 72.5 Å². The molecule has 0 atom stereocenters. The summed E-state index contributed by atoms with van der Waals surface area (Å²) in [4.78, 5) is 27.4. The summed E-state index contributed by atoms with van der Waals surface area (Å²) < 4.78 is 21.9. The van der Waals surface area contributed by atoms with Crippen molar-refractivity contribution in [1.29, 1.82) is 0 Å². The Balaban J connectivity index is 0.000000167. The van der Waals surface area contributed by atoms with E-state index in [0.29, 0.717) is 33.1 Å². The van der Waals surface area contributed by atoms with Crippen molar-refractivity contribution in [2.24, 2.45) is 0 Å². The summed E-state index contributed by atoms with van der Waals surface area (Å²) in [7, 11) is 0. The van der Waals surface area contributed by atoms with Gasteiger partial charge in [-0.3, -0.25) is 19.8 Å². The third-order valence-electron chi connectivity index (χ3n) is 9.28. The van der Waals surface area contributed by atoms with E-state index < -0.39 is 0 Å². The van der Waals surface area contributed by atoms with Crippen molar-refractivity contribution in [2.45, 2.75) is 12.8 Å². The predicted octanol–water partition coefficient (Wildman–Crippen LogP) is 8.03.